The third-order valence-corrected chi connectivity index (χ3v) is 4.97. The van der Waals surface area contributed by atoms with Crippen LogP contribution in [0, 0.1) is 6.92 Å². The van der Waals surface area contributed by atoms with Gasteiger partial charge in [0.1, 0.15) is 0 Å². The monoisotopic (exact) mass is 379 g/mol. The summed E-state index contributed by atoms with van der Waals surface area (Å²) in [5.74, 6) is 0.597. The molecule has 1 fully saturated rings. The Balaban J connectivity index is 1.52. The number of amides is 1. The highest BCUT2D eigenvalue weighted by molar-refractivity contribution is 5.95. The molecule has 2 heterocycles. The predicted molar refractivity (Wildman–Crippen MR) is 102 cm³/mol. The van der Waals surface area contributed by atoms with Crippen molar-refractivity contribution >= 4 is 5.91 Å². The van der Waals surface area contributed by atoms with Crippen molar-refractivity contribution in [3.05, 3.63) is 59.7 Å². The Kier molecular flexibility index (Phi) is 4.93. The molecule has 1 aromatic heterocycles. The first kappa shape index (κ1) is 18.3. The van der Waals surface area contributed by atoms with Crippen LogP contribution in [0.2, 0.25) is 0 Å². The number of likely N-dealkylation sites (tertiary alicyclic amines) is 1. The van der Waals surface area contributed by atoms with Crippen molar-refractivity contribution in [3.8, 4) is 22.9 Å². The van der Waals surface area contributed by atoms with Gasteiger partial charge in [-0.05, 0) is 49.7 Å². The fourth-order valence-electron chi connectivity index (χ4n) is 3.39. The SMILES string of the molecule is Cc1ccc(-c2nnc(-c3ccc(C(=O)N4C[C@H](O)C[C@H]4CO)cc3)o2)cc1. The van der Waals surface area contributed by atoms with Crippen LogP contribution in [-0.2, 0) is 0 Å². The molecule has 144 valence electrons. The van der Waals surface area contributed by atoms with E-state index in [0.717, 1.165) is 11.1 Å². The molecular formula is C21H21N3O4. The number of rotatable bonds is 4. The minimum atomic E-state index is -0.598. The van der Waals surface area contributed by atoms with Crippen LogP contribution < -0.4 is 0 Å². The first-order chi connectivity index (χ1) is 13.5. The van der Waals surface area contributed by atoms with Crippen LogP contribution in [0.1, 0.15) is 22.3 Å². The van der Waals surface area contributed by atoms with Crippen molar-refractivity contribution in [2.75, 3.05) is 13.2 Å². The predicted octanol–water partition coefficient (Wildman–Crippen LogP) is 2.28. The van der Waals surface area contributed by atoms with Gasteiger partial charge in [-0.15, -0.1) is 10.2 Å². The van der Waals surface area contributed by atoms with Gasteiger partial charge in [0.05, 0.1) is 18.8 Å². The molecule has 0 spiro atoms. The van der Waals surface area contributed by atoms with Gasteiger partial charge < -0.3 is 19.5 Å². The third kappa shape index (κ3) is 3.54. The van der Waals surface area contributed by atoms with Crippen molar-refractivity contribution in [1.82, 2.24) is 15.1 Å². The molecule has 7 nitrogen and oxygen atoms in total. The van der Waals surface area contributed by atoms with Gasteiger partial charge >= 0.3 is 0 Å². The van der Waals surface area contributed by atoms with E-state index in [1.54, 1.807) is 24.3 Å². The zero-order valence-electron chi connectivity index (χ0n) is 15.4. The molecule has 1 saturated heterocycles. The highest BCUT2D eigenvalue weighted by Crippen LogP contribution is 2.25. The number of aliphatic hydroxyl groups excluding tert-OH is 2. The van der Waals surface area contributed by atoms with Crippen LogP contribution in [0.5, 0.6) is 0 Å². The highest BCUT2D eigenvalue weighted by Gasteiger charge is 2.34. The van der Waals surface area contributed by atoms with Gasteiger partial charge in [-0.2, -0.15) is 0 Å². The van der Waals surface area contributed by atoms with Gasteiger partial charge in [0, 0.05) is 23.2 Å². The van der Waals surface area contributed by atoms with E-state index in [1.807, 2.05) is 31.2 Å². The molecule has 0 saturated carbocycles. The number of hydrogen-bond donors (Lipinski definition) is 2. The minimum absolute atomic E-state index is 0.162. The lowest BCUT2D eigenvalue weighted by Gasteiger charge is -2.22. The van der Waals surface area contributed by atoms with Crippen molar-refractivity contribution < 1.29 is 19.4 Å². The Hall–Kier alpha value is -3.03. The second kappa shape index (κ2) is 7.53. The lowest BCUT2D eigenvalue weighted by atomic mass is 10.1. The molecule has 1 aliphatic heterocycles. The van der Waals surface area contributed by atoms with Crippen molar-refractivity contribution in [1.29, 1.82) is 0 Å². The van der Waals surface area contributed by atoms with E-state index in [4.69, 9.17) is 4.42 Å². The number of benzene rings is 2. The Labute approximate surface area is 162 Å². The molecule has 1 aliphatic rings. The number of aliphatic hydroxyl groups is 2. The van der Waals surface area contributed by atoms with Crippen molar-refractivity contribution in [2.24, 2.45) is 0 Å². The molecule has 0 radical (unpaired) electrons. The molecule has 0 unspecified atom stereocenters. The van der Waals surface area contributed by atoms with Gasteiger partial charge in [0.25, 0.3) is 5.91 Å². The molecule has 28 heavy (non-hydrogen) atoms. The van der Waals surface area contributed by atoms with E-state index in [0.29, 0.717) is 29.3 Å². The van der Waals surface area contributed by atoms with Crippen LogP contribution in [0.25, 0.3) is 22.9 Å². The number of hydrogen-bond acceptors (Lipinski definition) is 6. The van der Waals surface area contributed by atoms with Gasteiger partial charge in [0.2, 0.25) is 11.8 Å². The first-order valence-electron chi connectivity index (χ1n) is 9.16. The number of β-amino-alcohol motifs (C(OH)–C–C–N with tert-alkyl or cyclic N) is 1. The van der Waals surface area contributed by atoms with E-state index >= 15 is 0 Å². The van der Waals surface area contributed by atoms with Crippen LogP contribution in [0.15, 0.2) is 52.9 Å². The summed E-state index contributed by atoms with van der Waals surface area (Å²) in [4.78, 5) is 14.2. The number of aryl methyl sites for hydroxylation is 1. The maximum absolute atomic E-state index is 12.7. The summed E-state index contributed by atoms with van der Waals surface area (Å²) in [6.07, 6.45) is -0.205. The summed E-state index contributed by atoms with van der Waals surface area (Å²) in [5, 5.41) is 27.4. The lowest BCUT2D eigenvalue weighted by molar-refractivity contribution is 0.0665. The molecule has 3 aromatic rings. The molecule has 0 bridgehead atoms. The summed E-state index contributed by atoms with van der Waals surface area (Å²) in [6.45, 7) is 2.08. The summed E-state index contributed by atoms with van der Waals surface area (Å²) in [6, 6.07) is 14.3. The highest BCUT2D eigenvalue weighted by atomic mass is 16.4. The molecule has 1 amide bonds. The Morgan fingerprint density at radius 3 is 2.21 bits per heavy atom. The van der Waals surface area contributed by atoms with Crippen LogP contribution in [0.4, 0.5) is 0 Å². The number of aromatic nitrogens is 2. The van der Waals surface area contributed by atoms with E-state index in [1.165, 1.54) is 4.90 Å². The smallest absolute Gasteiger partial charge is 0.254 e. The summed E-state index contributed by atoms with van der Waals surface area (Å²) >= 11 is 0. The van der Waals surface area contributed by atoms with Crippen molar-refractivity contribution in [3.63, 3.8) is 0 Å². The Morgan fingerprint density at radius 1 is 1.07 bits per heavy atom. The summed E-state index contributed by atoms with van der Waals surface area (Å²) in [7, 11) is 0. The zero-order chi connectivity index (χ0) is 19.7. The quantitative estimate of drug-likeness (QED) is 0.721. The summed E-state index contributed by atoms with van der Waals surface area (Å²) < 4.78 is 5.76. The fraction of sp³-hybridized carbons (Fsp3) is 0.286. The van der Waals surface area contributed by atoms with Gasteiger partial charge in [-0.25, -0.2) is 0 Å². The molecular weight excluding hydrogens is 358 g/mol. The average molecular weight is 379 g/mol. The molecule has 7 heteroatoms. The maximum atomic E-state index is 12.7. The van der Waals surface area contributed by atoms with Crippen molar-refractivity contribution in [2.45, 2.75) is 25.5 Å². The molecule has 2 aromatic carbocycles. The van der Waals surface area contributed by atoms with Gasteiger partial charge in [0.15, 0.2) is 0 Å². The van der Waals surface area contributed by atoms with Crippen LogP contribution >= 0.6 is 0 Å². The summed E-state index contributed by atoms with van der Waals surface area (Å²) in [5.41, 5.74) is 3.19. The zero-order valence-corrected chi connectivity index (χ0v) is 15.4. The molecule has 2 atom stereocenters. The van der Waals surface area contributed by atoms with Gasteiger partial charge in [-0.3, -0.25) is 4.79 Å². The second-order valence-corrected chi connectivity index (χ2v) is 7.04. The second-order valence-electron chi connectivity index (χ2n) is 7.04. The number of nitrogens with zero attached hydrogens (tertiary/aromatic N) is 3. The van der Waals surface area contributed by atoms with E-state index < -0.39 is 6.10 Å². The van der Waals surface area contributed by atoms with E-state index in [9.17, 15) is 15.0 Å². The lowest BCUT2D eigenvalue weighted by Crippen LogP contribution is -2.37. The van der Waals surface area contributed by atoms with Crippen LogP contribution in [0.3, 0.4) is 0 Å². The largest absolute Gasteiger partial charge is 0.416 e. The first-order valence-corrected chi connectivity index (χ1v) is 9.16. The minimum Gasteiger partial charge on any atom is -0.416 e. The number of carbonyl (C=O) groups excluding carboxylic acids is 1. The van der Waals surface area contributed by atoms with E-state index in [-0.39, 0.29) is 25.1 Å². The topological polar surface area (TPSA) is 99.7 Å². The maximum Gasteiger partial charge on any atom is 0.254 e. The van der Waals surface area contributed by atoms with Crippen LogP contribution in [-0.4, -0.2) is 56.5 Å². The normalized spacial score (nSPS) is 19.2. The Bertz CT molecular complexity index is 966. The standard InChI is InChI=1S/C21H21N3O4/c1-13-2-4-14(5-3-13)19-22-23-20(28-19)15-6-8-16(9-7-15)21(27)24-11-18(26)10-17(24)12-25/h2-9,17-18,25-26H,10-12H2,1H3/t17-,18+/m0/s1. The van der Waals surface area contributed by atoms with Gasteiger partial charge in [-0.1, -0.05) is 17.7 Å². The molecule has 0 aliphatic carbocycles. The Morgan fingerprint density at radius 2 is 1.64 bits per heavy atom. The molecule has 2 N–H and O–H groups in total. The average Bonchev–Trinajstić information content (AvgIpc) is 3.35. The van der Waals surface area contributed by atoms with E-state index in [2.05, 4.69) is 10.2 Å². The third-order valence-electron chi connectivity index (χ3n) is 4.97. The number of carbonyl (C=O) groups is 1. The molecule has 4 rings (SSSR count). The fourth-order valence-corrected chi connectivity index (χ4v) is 3.39.